The summed E-state index contributed by atoms with van der Waals surface area (Å²) in [6.45, 7) is 0. The number of thiophene rings is 2. The van der Waals surface area contributed by atoms with Gasteiger partial charge in [-0.2, -0.15) is 13.2 Å². The molecule has 2 nitrogen and oxygen atoms in total. The van der Waals surface area contributed by atoms with Crippen molar-refractivity contribution in [3.8, 4) is 22.5 Å². The third-order valence-corrected chi connectivity index (χ3v) is 13.9. The van der Waals surface area contributed by atoms with Crippen LogP contribution in [-0.2, 0) is 6.18 Å². The van der Waals surface area contributed by atoms with Crippen molar-refractivity contribution in [2.24, 2.45) is 0 Å². The first-order valence-corrected chi connectivity index (χ1v) is 20.3. The molecule has 4 heterocycles. The zero-order valence-corrected chi connectivity index (χ0v) is 31.7. The van der Waals surface area contributed by atoms with Gasteiger partial charge in [0.1, 0.15) is 17.2 Å². The molecule has 278 valence electrons. The van der Waals surface area contributed by atoms with Gasteiger partial charge in [-0.3, -0.25) is 0 Å². The molecule has 0 saturated carbocycles. The van der Waals surface area contributed by atoms with Gasteiger partial charge >= 0.3 is 6.18 Å². The first-order chi connectivity index (χ1) is 28.3. The molecule has 12 rings (SSSR count). The molecule has 0 radical (unpaired) electrons. The maximum absolute atomic E-state index is 16.7. The van der Waals surface area contributed by atoms with Gasteiger partial charge in [0, 0.05) is 58.1 Å². The molecule has 9 heteroatoms. The van der Waals surface area contributed by atoms with Crippen LogP contribution in [0.2, 0.25) is 0 Å². The summed E-state index contributed by atoms with van der Waals surface area (Å²) in [6.07, 6.45) is -5.01. The summed E-state index contributed by atoms with van der Waals surface area (Å²) in [7, 11) is 0. The molecular formula is C49H25F5N2S2. The highest BCUT2D eigenvalue weighted by Gasteiger charge is 2.41. The van der Waals surface area contributed by atoms with Crippen LogP contribution in [0.5, 0.6) is 0 Å². The van der Waals surface area contributed by atoms with E-state index in [-0.39, 0.29) is 16.9 Å². The molecule has 0 unspecified atom stereocenters. The van der Waals surface area contributed by atoms with E-state index >= 15 is 22.0 Å². The molecule has 0 N–H and O–H groups in total. The third-order valence-electron chi connectivity index (χ3n) is 11.5. The topological polar surface area (TPSA) is 9.86 Å². The van der Waals surface area contributed by atoms with Crippen molar-refractivity contribution in [2.75, 3.05) is 0 Å². The molecule has 4 aromatic heterocycles. The Bertz CT molecular complexity index is 3690. The highest BCUT2D eigenvalue weighted by molar-refractivity contribution is 7.27. The Hall–Kier alpha value is -6.55. The van der Waals surface area contributed by atoms with Crippen molar-refractivity contribution < 1.29 is 22.0 Å². The number of hydrogen-bond acceptors (Lipinski definition) is 2. The zero-order valence-electron chi connectivity index (χ0n) is 30.0. The maximum atomic E-state index is 16.7. The maximum Gasteiger partial charge on any atom is 0.420 e. The van der Waals surface area contributed by atoms with E-state index in [1.807, 2.05) is 109 Å². The molecule has 0 atom stereocenters. The van der Waals surface area contributed by atoms with Gasteiger partial charge < -0.3 is 9.13 Å². The lowest BCUT2D eigenvalue weighted by Crippen LogP contribution is -2.17. The highest BCUT2D eigenvalue weighted by atomic mass is 32.1. The minimum atomic E-state index is -5.01. The number of aromatic nitrogens is 2. The number of para-hydroxylation sites is 2. The molecule has 0 fully saturated rings. The van der Waals surface area contributed by atoms with Crippen molar-refractivity contribution in [3.05, 3.63) is 169 Å². The number of halogens is 5. The van der Waals surface area contributed by atoms with Gasteiger partial charge in [-0.05, 0) is 48.5 Å². The van der Waals surface area contributed by atoms with E-state index in [2.05, 4.69) is 0 Å². The summed E-state index contributed by atoms with van der Waals surface area (Å²) in [5.41, 5.74) is 0.000697. The summed E-state index contributed by atoms with van der Waals surface area (Å²) in [5, 5.41) is 6.86. The summed E-state index contributed by atoms with van der Waals surface area (Å²) < 4.78 is 89.4. The molecule has 0 bridgehead atoms. The fourth-order valence-corrected chi connectivity index (χ4v) is 11.7. The number of fused-ring (bicyclic) bond motifs is 14. The minimum absolute atomic E-state index is 0.145. The highest BCUT2D eigenvalue weighted by Crippen LogP contribution is 2.51. The lowest BCUT2D eigenvalue weighted by atomic mass is 9.96. The standard InChI is InChI=1S/C49H25F5N2S2/c50-35-14-9-15-36(51)42(35)34-24-25-39(55-37-16-5-1-10-26(37)30-20-22-32-28-12-3-7-18-40(28)57-47(32)45(30)55)43(49(52,53)54)44(34)56-38-17-6-2-11-27(38)31-21-23-33-29-13-4-8-19-41(29)58-48(33)46(31)56/h1-25H. The van der Waals surface area contributed by atoms with Crippen molar-refractivity contribution in [1.29, 1.82) is 0 Å². The van der Waals surface area contributed by atoms with E-state index in [4.69, 9.17) is 0 Å². The van der Waals surface area contributed by atoms with E-state index in [9.17, 15) is 0 Å². The van der Waals surface area contributed by atoms with Gasteiger partial charge in [0.2, 0.25) is 0 Å². The Kier molecular flexibility index (Phi) is 6.94. The van der Waals surface area contributed by atoms with Gasteiger partial charge in [-0.25, -0.2) is 8.78 Å². The van der Waals surface area contributed by atoms with E-state index < -0.39 is 28.9 Å². The van der Waals surface area contributed by atoms with Crippen LogP contribution >= 0.6 is 22.7 Å². The molecule has 0 aliphatic heterocycles. The van der Waals surface area contributed by atoms with Crippen LogP contribution in [0.4, 0.5) is 22.0 Å². The first kappa shape index (κ1) is 33.6. The lowest BCUT2D eigenvalue weighted by molar-refractivity contribution is -0.137. The van der Waals surface area contributed by atoms with Crippen molar-refractivity contribution in [2.45, 2.75) is 6.18 Å². The predicted molar refractivity (Wildman–Crippen MR) is 231 cm³/mol. The van der Waals surface area contributed by atoms with Crippen LogP contribution < -0.4 is 0 Å². The second kappa shape index (κ2) is 12.0. The number of nitrogens with zero attached hydrogens (tertiary/aromatic N) is 2. The molecule has 0 amide bonds. The molecule has 0 aliphatic carbocycles. The first-order valence-electron chi connectivity index (χ1n) is 18.6. The van der Waals surface area contributed by atoms with E-state index in [0.29, 0.717) is 22.1 Å². The summed E-state index contributed by atoms with van der Waals surface area (Å²) in [6, 6.07) is 44.9. The molecule has 0 saturated heterocycles. The molecule has 58 heavy (non-hydrogen) atoms. The van der Waals surface area contributed by atoms with Crippen LogP contribution in [0.3, 0.4) is 0 Å². The number of alkyl halides is 3. The Balaban J connectivity index is 1.34. The van der Waals surface area contributed by atoms with E-state index in [0.717, 1.165) is 74.0 Å². The summed E-state index contributed by atoms with van der Waals surface area (Å²) in [5.74, 6) is -1.92. The Labute approximate surface area is 333 Å². The quantitative estimate of drug-likeness (QED) is 0.158. The fraction of sp³-hybridized carbons (Fsp3) is 0.0204. The smallest absolute Gasteiger partial charge is 0.307 e. The van der Waals surface area contributed by atoms with Crippen LogP contribution in [0.15, 0.2) is 152 Å². The average Bonchev–Trinajstić information content (AvgIpc) is 3.98. The van der Waals surface area contributed by atoms with Crippen LogP contribution in [0.25, 0.3) is 106 Å². The summed E-state index contributed by atoms with van der Waals surface area (Å²) in [4.78, 5) is 0. The van der Waals surface area contributed by atoms with Gasteiger partial charge in [0.05, 0.1) is 48.4 Å². The van der Waals surface area contributed by atoms with Crippen LogP contribution in [-0.4, -0.2) is 9.13 Å². The Morgan fingerprint density at radius 2 is 0.879 bits per heavy atom. The van der Waals surface area contributed by atoms with E-state index in [1.165, 1.54) is 40.9 Å². The average molecular weight is 801 g/mol. The molecule has 0 aliphatic rings. The zero-order chi connectivity index (χ0) is 39.0. The Morgan fingerprint density at radius 1 is 0.414 bits per heavy atom. The fourth-order valence-electron chi connectivity index (χ4n) is 9.18. The molecule has 12 aromatic rings. The van der Waals surface area contributed by atoms with Crippen LogP contribution in [0.1, 0.15) is 5.56 Å². The largest absolute Gasteiger partial charge is 0.420 e. The minimum Gasteiger partial charge on any atom is -0.307 e. The summed E-state index contributed by atoms with van der Waals surface area (Å²) >= 11 is 3.03. The lowest BCUT2D eigenvalue weighted by Gasteiger charge is -2.25. The SMILES string of the molecule is Fc1cccc(F)c1-c1ccc(-n2c3ccccc3c3ccc4c5ccccc5sc4c32)c(C(F)(F)F)c1-n1c2ccccc2c2ccc3c4ccccc4sc3c21. The van der Waals surface area contributed by atoms with Gasteiger partial charge in [0.25, 0.3) is 0 Å². The van der Waals surface area contributed by atoms with E-state index in [1.54, 1.807) is 21.3 Å². The second-order valence-electron chi connectivity index (χ2n) is 14.5. The van der Waals surface area contributed by atoms with Crippen molar-refractivity contribution in [3.63, 3.8) is 0 Å². The predicted octanol–water partition coefficient (Wildman–Crippen LogP) is 15.6. The molecule has 0 spiro atoms. The second-order valence-corrected chi connectivity index (χ2v) is 16.6. The number of hydrogen-bond donors (Lipinski definition) is 0. The van der Waals surface area contributed by atoms with Gasteiger partial charge in [-0.15, -0.1) is 22.7 Å². The normalized spacial score (nSPS) is 12.6. The number of rotatable bonds is 3. The number of benzene rings is 8. The monoisotopic (exact) mass is 800 g/mol. The van der Waals surface area contributed by atoms with Crippen molar-refractivity contribution >= 4 is 107 Å². The Morgan fingerprint density at radius 3 is 1.43 bits per heavy atom. The molecular weight excluding hydrogens is 776 g/mol. The van der Waals surface area contributed by atoms with Crippen LogP contribution in [0, 0.1) is 11.6 Å². The van der Waals surface area contributed by atoms with Gasteiger partial charge in [0.15, 0.2) is 0 Å². The van der Waals surface area contributed by atoms with Gasteiger partial charge in [-0.1, -0.05) is 103 Å². The molecule has 8 aromatic carbocycles. The van der Waals surface area contributed by atoms with Crippen molar-refractivity contribution in [1.82, 2.24) is 9.13 Å². The third kappa shape index (κ3) is 4.51.